The van der Waals surface area contributed by atoms with Gasteiger partial charge in [0.05, 0.1) is 14.5 Å². The van der Waals surface area contributed by atoms with E-state index in [2.05, 4.69) is 31.9 Å². The Balaban J connectivity index is 3.46. The Hall–Kier alpha value is 0.690. The number of hydrogen-bond acceptors (Lipinski definition) is 0. The maximum atomic E-state index is 12.9. The molecule has 0 nitrogen and oxygen atoms in total. The van der Waals surface area contributed by atoms with E-state index in [0.29, 0.717) is 4.47 Å². The molecular weight excluding hydrogens is 322 g/mol. The van der Waals surface area contributed by atoms with Crippen LogP contribution in [0.1, 0.15) is 0 Å². The third-order valence-corrected chi connectivity index (χ3v) is 3.55. The second kappa shape index (κ2) is 3.60. The molecular formula is C6HBr2Cl2F. The molecule has 0 N–H and O–H groups in total. The summed E-state index contributed by atoms with van der Waals surface area (Å²) in [6.07, 6.45) is 0. The van der Waals surface area contributed by atoms with Crippen LogP contribution in [0.25, 0.3) is 0 Å². The van der Waals surface area contributed by atoms with Crippen LogP contribution in [0.3, 0.4) is 0 Å². The van der Waals surface area contributed by atoms with Crippen molar-refractivity contribution in [3.05, 3.63) is 30.9 Å². The minimum atomic E-state index is -0.542. The largest absolute Gasteiger partial charge is 0.204 e. The third-order valence-electron chi connectivity index (χ3n) is 1.06. The SMILES string of the molecule is Fc1c(Cl)cc(Br)c(Cl)c1Br. The molecule has 0 fully saturated rings. The molecule has 0 atom stereocenters. The quantitative estimate of drug-likeness (QED) is 0.481. The number of benzene rings is 1. The van der Waals surface area contributed by atoms with Gasteiger partial charge in [-0.3, -0.25) is 0 Å². The molecule has 11 heavy (non-hydrogen) atoms. The van der Waals surface area contributed by atoms with E-state index in [-0.39, 0.29) is 14.5 Å². The summed E-state index contributed by atoms with van der Waals surface area (Å²) in [6.45, 7) is 0. The topological polar surface area (TPSA) is 0 Å². The average molecular weight is 323 g/mol. The van der Waals surface area contributed by atoms with E-state index in [0.717, 1.165) is 0 Å². The first-order valence-electron chi connectivity index (χ1n) is 2.52. The summed E-state index contributed by atoms with van der Waals surface area (Å²) in [4.78, 5) is 0. The maximum Gasteiger partial charge on any atom is 0.157 e. The highest BCUT2D eigenvalue weighted by molar-refractivity contribution is 9.11. The first-order chi connectivity index (χ1) is 5.04. The van der Waals surface area contributed by atoms with Crippen LogP contribution in [-0.4, -0.2) is 0 Å². The number of halogens is 5. The van der Waals surface area contributed by atoms with E-state index < -0.39 is 5.82 Å². The second-order valence-electron chi connectivity index (χ2n) is 1.78. The van der Waals surface area contributed by atoms with Crippen molar-refractivity contribution in [3.8, 4) is 0 Å². The van der Waals surface area contributed by atoms with Crippen molar-refractivity contribution in [2.75, 3.05) is 0 Å². The highest BCUT2D eigenvalue weighted by Crippen LogP contribution is 2.36. The summed E-state index contributed by atoms with van der Waals surface area (Å²) in [6, 6.07) is 1.41. The van der Waals surface area contributed by atoms with Crippen LogP contribution in [0, 0.1) is 5.82 Å². The lowest BCUT2D eigenvalue weighted by Crippen LogP contribution is -1.81. The van der Waals surface area contributed by atoms with Crippen LogP contribution < -0.4 is 0 Å². The van der Waals surface area contributed by atoms with Gasteiger partial charge in [-0.1, -0.05) is 23.2 Å². The Morgan fingerprint density at radius 1 is 1.27 bits per heavy atom. The van der Waals surface area contributed by atoms with E-state index in [1.54, 1.807) is 0 Å². The molecule has 0 radical (unpaired) electrons. The summed E-state index contributed by atoms with van der Waals surface area (Å²) in [5.74, 6) is -0.542. The van der Waals surface area contributed by atoms with Crippen molar-refractivity contribution in [1.29, 1.82) is 0 Å². The first-order valence-corrected chi connectivity index (χ1v) is 4.86. The standard InChI is InChI=1S/C6HBr2Cl2F/c7-2-1-3(9)6(11)4(8)5(2)10/h1H. The van der Waals surface area contributed by atoms with Gasteiger partial charge in [0.25, 0.3) is 0 Å². The first kappa shape index (κ1) is 9.78. The van der Waals surface area contributed by atoms with E-state index in [1.807, 2.05) is 0 Å². The van der Waals surface area contributed by atoms with Crippen LogP contribution in [0.4, 0.5) is 4.39 Å². The van der Waals surface area contributed by atoms with Gasteiger partial charge in [0, 0.05) is 4.47 Å². The lowest BCUT2D eigenvalue weighted by Gasteiger charge is -2.01. The van der Waals surface area contributed by atoms with Gasteiger partial charge in [-0.25, -0.2) is 4.39 Å². The summed E-state index contributed by atoms with van der Waals surface area (Å²) >= 11 is 17.2. The zero-order chi connectivity index (χ0) is 8.59. The molecule has 0 aromatic heterocycles. The molecule has 0 unspecified atom stereocenters. The third kappa shape index (κ3) is 1.89. The summed E-state index contributed by atoms with van der Waals surface area (Å²) in [5, 5.41) is 0.319. The highest BCUT2D eigenvalue weighted by Gasteiger charge is 2.11. The van der Waals surface area contributed by atoms with E-state index >= 15 is 0 Å². The molecule has 0 aliphatic heterocycles. The molecule has 0 aliphatic rings. The highest BCUT2D eigenvalue weighted by atomic mass is 79.9. The van der Waals surface area contributed by atoms with Gasteiger partial charge in [0.15, 0.2) is 5.82 Å². The predicted octanol–water partition coefficient (Wildman–Crippen LogP) is 4.66. The van der Waals surface area contributed by atoms with Gasteiger partial charge in [-0.05, 0) is 37.9 Å². The Morgan fingerprint density at radius 2 is 1.82 bits per heavy atom. The van der Waals surface area contributed by atoms with Crippen LogP contribution in [0.2, 0.25) is 10.0 Å². The van der Waals surface area contributed by atoms with Crippen molar-refractivity contribution in [1.82, 2.24) is 0 Å². The monoisotopic (exact) mass is 320 g/mol. The Kier molecular flexibility index (Phi) is 3.20. The number of hydrogen-bond donors (Lipinski definition) is 0. The van der Waals surface area contributed by atoms with Gasteiger partial charge in [0.2, 0.25) is 0 Å². The molecule has 0 spiro atoms. The lowest BCUT2D eigenvalue weighted by atomic mass is 10.3. The summed E-state index contributed by atoms with van der Waals surface area (Å²) in [5.41, 5.74) is 0. The fourth-order valence-electron chi connectivity index (χ4n) is 0.544. The molecule has 1 aromatic carbocycles. The van der Waals surface area contributed by atoms with Crippen LogP contribution in [0.5, 0.6) is 0 Å². The van der Waals surface area contributed by atoms with Crippen molar-refractivity contribution < 1.29 is 4.39 Å². The Bertz CT molecular complexity index is 275. The van der Waals surface area contributed by atoms with Gasteiger partial charge < -0.3 is 0 Å². The van der Waals surface area contributed by atoms with Gasteiger partial charge in [-0.2, -0.15) is 0 Å². The van der Waals surface area contributed by atoms with Crippen molar-refractivity contribution >= 4 is 55.1 Å². The average Bonchev–Trinajstić information content (AvgIpc) is 1.97. The molecule has 0 saturated heterocycles. The molecule has 0 saturated carbocycles. The minimum absolute atomic E-state index is 0.0353. The predicted molar refractivity (Wildman–Crippen MR) is 51.8 cm³/mol. The van der Waals surface area contributed by atoms with Crippen LogP contribution >= 0.6 is 55.1 Å². The Labute approximate surface area is 89.9 Å². The molecule has 0 amide bonds. The van der Waals surface area contributed by atoms with Crippen molar-refractivity contribution in [2.45, 2.75) is 0 Å². The van der Waals surface area contributed by atoms with E-state index in [4.69, 9.17) is 23.2 Å². The van der Waals surface area contributed by atoms with Gasteiger partial charge >= 0.3 is 0 Å². The Morgan fingerprint density at radius 3 is 2.36 bits per heavy atom. The fraction of sp³-hybridized carbons (Fsp3) is 0. The van der Waals surface area contributed by atoms with Gasteiger partial charge in [-0.15, -0.1) is 0 Å². The zero-order valence-electron chi connectivity index (χ0n) is 4.97. The molecule has 5 heteroatoms. The van der Waals surface area contributed by atoms with Crippen LogP contribution in [0.15, 0.2) is 15.0 Å². The zero-order valence-corrected chi connectivity index (χ0v) is 9.65. The molecule has 60 valence electrons. The minimum Gasteiger partial charge on any atom is -0.204 e. The van der Waals surface area contributed by atoms with Crippen molar-refractivity contribution in [3.63, 3.8) is 0 Å². The maximum absolute atomic E-state index is 12.9. The van der Waals surface area contributed by atoms with E-state index in [1.165, 1.54) is 6.07 Å². The smallest absolute Gasteiger partial charge is 0.157 e. The second-order valence-corrected chi connectivity index (χ2v) is 4.21. The lowest BCUT2D eigenvalue weighted by molar-refractivity contribution is 0.621. The van der Waals surface area contributed by atoms with Crippen LogP contribution in [-0.2, 0) is 0 Å². The number of rotatable bonds is 0. The summed E-state index contributed by atoms with van der Waals surface area (Å²) in [7, 11) is 0. The van der Waals surface area contributed by atoms with Gasteiger partial charge in [0.1, 0.15) is 0 Å². The van der Waals surface area contributed by atoms with E-state index in [9.17, 15) is 4.39 Å². The molecule has 1 rings (SSSR count). The summed E-state index contributed by atoms with van der Waals surface area (Å²) < 4.78 is 13.6. The normalized spacial score (nSPS) is 10.3. The molecule has 0 aliphatic carbocycles. The fourth-order valence-corrected chi connectivity index (χ4v) is 2.25. The molecule has 1 aromatic rings. The molecule has 0 heterocycles. The van der Waals surface area contributed by atoms with Crippen molar-refractivity contribution in [2.24, 2.45) is 0 Å². The molecule has 0 bridgehead atoms.